The number of nitrogens with zero attached hydrogens (tertiary/aromatic N) is 4. The van der Waals surface area contributed by atoms with Crippen LogP contribution in [0.2, 0.25) is 0 Å². The lowest BCUT2D eigenvalue weighted by atomic mass is 9.87. The van der Waals surface area contributed by atoms with Gasteiger partial charge in [0.25, 0.3) is 10.0 Å². The standard InChI is InChI=1S/C27H30BrN5O4S/c1-18-6-8-19(9-7-18)23-24(32-38(34,35)22-12-10-20(11-13-22)27(2,3)4)31-33(5)25(23)36-14-15-37-26-29-16-21(28)17-30-26/h6-13,16-17H,14-15H2,1-5H3,(H,31,32). The monoisotopic (exact) mass is 599 g/mol. The molecule has 0 fully saturated rings. The van der Waals surface area contributed by atoms with E-state index in [9.17, 15) is 8.42 Å². The molecule has 0 bridgehead atoms. The highest BCUT2D eigenvalue weighted by Crippen LogP contribution is 2.38. The largest absolute Gasteiger partial charge is 0.474 e. The third kappa shape index (κ3) is 6.51. The number of hydrogen-bond acceptors (Lipinski definition) is 7. The van der Waals surface area contributed by atoms with Crippen molar-refractivity contribution < 1.29 is 17.9 Å². The molecule has 0 saturated carbocycles. The Morgan fingerprint density at radius 1 is 0.947 bits per heavy atom. The fraction of sp³-hybridized carbons (Fsp3) is 0.296. The van der Waals surface area contributed by atoms with Crippen molar-refractivity contribution in [2.75, 3.05) is 17.9 Å². The molecule has 1 N–H and O–H groups in total. The van der Waals surface area contributed by atoms with Crippen LogP contribution in [0.25, 0.3) is 11.1 Å². The molecule has 0 amide bonds. The van der Waals surface area contributed by atoms with Crippen LogP contribution in [0, 0.1) is 6.92 Å². The zero-order valence-electron chi connectivity index (χ0n) is 21.9. The maximum absolute atomic E-state index is 13.3. The average Bonchev–Trinajstić information content (AvgIpc) is 3.16. The van der Waals surface area contributed by atoms with E-state index in [-0.39, 0.29) is 35.4 Å². The normalized spacial score (nSPS) is 11.8. The summed E-state index contributed by atoms with van der Waals surface area (Å²) in [6, 6.07) is 14.8. The van der Waals surface area contributed by atoms with Gasteiger partial charge in [0.2, 0.25) is 5.88 Å². The number of halogens is 1. The number of benzene rings is 2. The van der Waals surface area contributed by atoms with Crippen LogP contribution in [-0.2, 0) is 22.5 Å². The Morgan fingerprint density at radius 3 is 2.16 bits per heavy atom. The number of aryl methyl sites for hydroxylation is 2. The second-order valence-corrected chi connectivity index (χ2v) is 12.4. The van der Waals surface area contributed by atoms with E-state index in [1.807, 2.05) is 43.3 Å². The molecular weight excluding hydrogens is 570 g/mol. The number of aromatic nitrogens is 4. The highest BCUT2D eigenvalue weighted by molar-refractivity contribution is 9.10. The van der Waals surface area contributed by atoms with Gasteiger partial charge in [-0.2, -0.15) is 5.10 Å². The molecule has 11 heteroatoms. The number of hydrogen-bond donors (Lipinski definition) is 1. The SMILES string of the molecule is Cc1ccc(-c2c(NS(=O)(=O)c3ccc(C(C)(C)C)cc3)nn(C)c2OCCOc2ncc(Br)cn2)cc1. The summed E-state index contributed by atoms with van der Waals surface area (Å²) in [4.78, 5) is 8.30. The molecule has 0 aliphatic rings. The first-order valence-corrected chi connectivity index (χ1v) is 14.2. The predicted octanol–water partition coefficient (Wildman–Crippen LogP) is 5.50. The zero-order valence-corrected chi connectivity index (χ0v) is 24.3. The molecule has 38 heavy (non-hydrogen) atoms. The maximum Gasteiger partial charge on any atom is 0.316 e. The summed E-state index contributed by atoms with van der Waals surface area (Å²) in [7, 11) is -2.21. The summed E-state index contributed by atoms with van der Waals surface area (Å²) in [6.07, 6.45) is 3.18. The molecule has 0 unspecified atom stereocenters. The Labute approximate surface area is 231 Å². The summed E-state index contributed by atoms with van der Waals surface area (Å²) in [5.74, 6) is 0.568. The quantitative estimate of drug-likeness (QED) is 0.253. The van der Waals surface area contributed by atoms with Crippen LogP contribution in [0.4, 0.5) is 5.82 Å². The van der Waals surface area contributed by atoms with E-state index in [4.69, 9.17) is 9.47 Å². The topological polar surface area (TPSA) is 108 Å². The maximum atomic E-state index is 13.3. The molecule has 2 aromatic heterocycles. The Hall–Kier alpha value is -3.44. The molecule has 200 valence electrons. The van der Waals surface area contributed by atoms with Crippen LogP contribution in [-0.4, -0.2) is 41.4 Å². The third-order valence-electron chi connectivity index (χ3n) is 5.75. The molecule has 0 aliphatic heterocycles. The fourth-order valence-electron chi connectivity index (χ4n) is 3.69. The van der Waals surface area contributed by atoms with Gasteiger partial charge in [0.15, 0.2) is 5.82 Å². The van der Waals surface area contributed by atoms with Gasteiger partial charge in [0.05, 0.1) is 14.9 Å². The van der Waals surface area contributed by atoms with Crippen molar-refractivity contribution in [2.24, 2.45) is 7.05 Å². The lowest BCUT2D eigenvalue weighted by Crippen LogP contribution is -2.15. The number of ether oxygens (including phenoxy) is 2. The van der Waals surface area contributed by atoms with Gasteiger partial charge in [-0.05, 0) is 51.5 Å². The van der Waals surface area contributed by atoms with Crippen molar-refractivity contribution in [1.82, 2.24) is 19.7 Å². The molecule has 2 aromatic carbocycles. The summed E-state index contributed by atoms with van der Waals surface area (Å²) in [5.41, 5.74) is 3.32. The van der Waals surface area contributed by atoms with Gasteiger partial charge >= 0.3 is 6.01 Å². The summed E-state index contributed by atoms with van der Waals surface area (Å²) in [5, 5.41) is 4.45. The third-order valence-corrected chi connectivity index (χ3v) is 7.51. The van der Waals surface area contributed by atoms with Gasteiger partial charge in [-0.25, -0.2) is 23.1 Å². The van der Waals surface area contributed by atoms with E-state index >= 15 is 0 Å². The molecule has 0 saturated heterocycles. The molecule has 4 rings (SSSR count). The van der Waals surface area contributed by atoms with Crippen LogP contribution in [0.3, 0.4) is 0 Å². The lowest BCUT2D eigenvalue weighted by molar-refractivity contribution is 0.197. The minimum Gasteiger partial charge on any atom is -0.474 e. The van der Waals surface area contributed by atoms with Crippen molar-refractivity contribution in [2.45, 2.75) is 38.0 Å². The number of sulfonamides is 1. The molecule has 9 nitrogen and oxygen atoms in total. The van der Waals surface area contributed by atoms with Crippen molar-refractivity contribution in [1.29, 1.82) is 0 Å². The van der Waals surface area contributed by atoms with E-state index in [2.05, 4.69) is 56.5 Å². The second-order valence-electron chi connectivity index (χ2n) is 9.78. The number of nitrogens with one attached hydrogen (secondary N) is 1. The lowest BCUT2D eigenvalue weighted by Gasteiger charge is -2.19. The van der Waals surface area contributed by atoms with Crippen LogP contribution in [0.1, 0.15) is 31.9 Å². The predicted molar refractivity (Wildman–Crippen MR) is 150 cm³/mol. The van der Waals surface area contributed by atoms with E-state index in [0.717, 1.165) is 21.2 Å². The van der Waals surface area contributed by atoms with Crippen LogP contribution < -0.4 is 14.2 Å². The molecular formula is C27H30BrN5O4S. The first-order chi connectivity index (χ1) is 17.9. The molecule has 0 aliphatic carbocycles. The van der Waals surface area contributed by atoms with Crippen molar-refractivity contribution in [3.63, 3.8) is 0 Å². The Bertz CT molecular complexity index is 1500. The molecule has 0 spiro atoms. The number of anilines is 1. The van der Waals surface area contributed by atoms with Crippen LogP contribution in [0.5, 0.6) is 11.9 Å². The van der Waals surface area contributed by atoms with Crippen LogP contribution >= 0.6 is 15.9 Å². The van der Waals surface area contributed by atoms with Crippen molar-refractivity contribution in [3.8, 4) is 23.0 Å². The van der Waals surface area contributed by atoms with Crippen molar-refractivity contribution in [3.05, 3.63) is 76.5 Å². The van der Waals surface area contributed by atoms with Crippen molar-refractivity contribution >= 4 is 31.8 Å². The molecule has 4 aromatic rings. The summed E-state index contributed by atoms with van der Waals surface area (Å²) < 4.78 is 43.1. The summed E-state index contributed by atoms with van der Waals surface area (Å²) >= 11 is 3.29. The minimum absolute atomic E-state index is 0.0885. The summed E-state index contributed by atoms with van der Waals surface area (Å²) in [6.45, 7) is 8.56. The van der Waals surface area contributed by atoms with E-state index < -0.39 is 10.0 Å². The van der Waals surface area contributed by atoms with Gasteiger partial charge in [0, 0.05) is 19.4 Å². The second kappa shape index (κ2) is 11.1. The highest BCUT2D eigenvalue weighted by Gasteiger charge is 2.25. The van der Waals surface area contributed by atoms with Gasteiger partial charge in [-0.3, -0.25) is 4.72 Å². The van der Waals surface area contributed by atoms with E-state index in [1.165, 1.54) is 4.68 Å². The Kier molecular flexibility index (Phi) is 8.08. The average molecular weight is 601 g/mol. The number of rotatable bonds is 9. The Balaban J connectivity index is 1.60. The molecule has 0 radical (unpaired) electrons. The van der Waals surface area contributed by atoms with E-state index in [1.54, 1.807) is 31.6 Å². The van der Waals surface area contributed by atoms with Gasteiger partial charge in [-0.15, -0.1) is 0 Å². The highest BCUT2D eigenvalue weighted by atomic mass is 79.9. The fourth-order valence-corrected chi connectivity index (χ4v) is 4.91. The molecule has 2 heterocycles. The zero-order chi connectivity index (χ0) is 27.5. The first kappa shape index (κ1) is 27.6. The Morgan fingerprint density at radius 2 is 1.55 bits per heavy atom. The first-order valence-electron chi connectivity index (χ1n) is 11.9. The minimum atomic E-state index is -3.91. The van der Waals surface area contributed by atoms with Gasteiger partial charge < -0.3 is 9.47 Å². The van der Waals surface area contributed by atoms with Gasteiger partial charge in [0.1, 0.15) is 13.2 Å². The van der Waals surface area contributed by atoms with Gasteiger partial charge in [-0.1, -0.05) is 62.7 Å². The van der Waals surface area contributed by atoms with E-state index in [0.29, 0.717) is 11.4 Å². The molecule has 0 atom stereocenters. The van der Waals surface area contributed by atoms with Crippen LogP contribution in [0.15, 0.2) is 70.3 Å². The smallest absolute Gasteiger partial charge is 0.316 e.